The van der Waals surface area contributed by atoms with Crippen molar-refractivity contribution in [2.75, 3.05) is 5.33 Å². The third-order valence-electron chi connectivity index (χ3n) is 3.95. The van der Waals surface area contributed by atoms with Gasteiger partial charge in [-0.2, -0.15) is 0 Å². The maximum absolute atomic E-state index is 13.1. The molecule has 1 amide bonds. The summed E-state index contributed by atoms with van der Waals surface area (Å²) in [6.45, 7) is 2.24. The van der Waals surface area contributed by atoms with E-state index in [4.69, 9.17) is 0 Å². The Morgan fingerprint density at radius 1 is 1.47 bits per heavy atom. The van der Waals surface area contributed by atoms with Crippen LogP contribution in [0, 0.1) is 11.7 Å². The first kappa shape index (κ1) is 14.5. The van der Waals surface area contributed by atoms with Gasteiger partial charge in [0.2, 0.25) is 0 Å². The monoisotopic (exact) mass is 327 g/mol. The normalized spacial score (nSPS) is 27.0. The summed E-state index contributed by atoms with van der Waals surface area (Å²) in [5.74, 6) is 0.157. The van der Waals surface area contributed by atoms with Crippen LogP contribution in [0.5, 0.6) is 0 Å². The van der Waals surface area contributed by atoms with Crippen molar-refractivity contribution in [3.63, 3.8) is 0 Å². The second-order valence-electron chi connectivity index (χ2n) is 5.56. The summed E-state index contributed by atoms with van der Waals surface area (Å²) in [7, 11) is 0. The van der Waals surface area contributed by atoms with Gasteiger partial charge in [-0.3, -0.25) is 4.79 Å². The lowest BCUT2D eigenvalue weighted by Gasteiger charge is -2.39. The van der Waals surface area contributed by atoms with Crippen molar-refractivity contribution in [3.05, 3.63) is 35.6 Å². The average molecular weight is 328 g/mol. The summed E-state index contributed by atoms with van der Waals surface area (Å²) in [6, 6.07) is 5.84. The Kier molecular flexibility index (Phi) is 4.61. The summed E-state index contributed by atoms with van der Waals surface area (Å²) in [5.41, 5.74) is 0.203. The molecule has 1 aliphatic carbocycles. The van der Waals surface area contributed by atoms with E-state index in [-0.39, 0.29) is 17.3 Å². The lowest BCUT2D eigenvalue weighted by molar-refractivity contribution is 0.0874. The minimum Gasteiger partial charge on any atom is -0.346 e. The molecule has 0 aromatic heterocycles. The summed E-state index contributed by atoms with van der Waals surface area (Å²) in [4.78, 5) is 12.2. The number of nitrogens with one attached hydrogen (secondary N) is 1. The Morgan fingerprint density at radius 2 is 2.16 bits per heavy atom. The van der Waals surface area contributed by atoms with Gasteiger partial charge >= 0.3 is 0 Å². The summed E-state index contributed by atoms with van der Waals surface area (Å²) in [5, 5.41) is 3.84. The summed E-state index contributed by atoms with van der Waals surface area (Å²) in [6.07, 6.45) is 4.19. The van der Waals surface area contributed by atoms with Crippen LogP contribution in [0.3, 0.4) is 0 Å². The van der Waals surface area contributed by atoms with E-state index in [2.05, 4.69) is 28.2 Å². The van der Waals surface area contributed by atoms with Crippen molar-refractivity contribution in [3.8, 4) is 0 Å². The van der Waals surface area contributed by atoms with Crippen LogP contribution < -0.4 is 5.32 Å². The number of hydrogen-bond donors (Lipinski definition) is 1. The van der Waals surface area contributed by atoms with Gasteiger partial charge < -0.3 is 5.32 Å². The van der Waals surface area contributed by atoms with Crippen molar-refractivity contribution >= 4 is 21.8 Å². The molecule has 1 aliphatic rings. The SMILES string of the molecule is CC1CCC(CBr)(NC(=O)c2cccc(F)c2)CC1. The number of alkyl halides is 1. The van der Waals surface area contributed by atoms with Crippen LogP contribution in [-0.4, -0.2) is 16.8 Å². The molecule has 2 rings (SSSR count). The Bertz CT molecular complexity index is 455. The molecule has 1 aromatic carbocycles. The number of benzene rings is 1. The first-order valence-electron chi connectivity index (χ1n) is 6.69. The number of halogens is 2. The number of carbonyl (C=O) groups excluding carboxylic acids is 1. The van der Waals surface area contributed by atoms with Crippen molar-refractivity contribution in [2.45, 2.75) is 38.1 Å². The van der Waals surface area contributed by atoms with Gasteiger partial charge in [0.1, 0.15) is 5.82 Å². The molecule has 4 heteroatoms. The van der Waals surface area contributed by atoms with E-state index >= 15 is 0 Å². The Hall–Kier alpha value is -0.900. The molecule has 0 atom stereocenters. The van der Waals surface area contributed by atoms with Gasteiger partial charge in [0.05, 0.1) is 5.54 Å². The number of hydrogen-bond acceptors (Lipinski definition) is 1. The highest BCUT2D eigenvalue weighted by atomic mass is 79.9. The molecule has 0 aliphatic heterocycles. The van der Waals surface area contributed by atoms with Crippen molar-refractivity contribution in [1.29, 1.82) is 0 Å². The van der Waals surface area contributed by atoms with Crippen molar-refractivity contribution in [2.24, 2.45) is 5.92 Å². The Morgan fingerprint density at radius 3 is 2.74 bits per heavy atom. The second kappa shape index (κ2) is 6.04. The molecule has 19 heavy (non-hydrogen) atoms. The standard InChI is InChI=1S/C15H19BrFNO/c1-11-5-7-15(10-16,8-6-11)18-14(19)12-3-2-4-13(17)9-12/h2-4,9,11H,5-8,10H2,1H3,(H,18,19). The van der Waals surface area contributed by atoms with Crippen LogP contribution in [-0.2, 0) is 0 Å². The molecule has 1 N–H and O–H groups in total. The average Bonchev–Trinajstić information content (AvgIpc) is 2.42. The zero-order chi connectivity index (χ0) is 13.9. The first-order valence-corrected chi connectivity index (χ1v) is 7.81. The van der Waals surface area contributed by atoms with E-state index in [0.717, 1.165) is 36.9 Å². The van der Waals surface area contributed by atoms with Gasteiger partial charge in [0.15, 0.2) is 0 Å². The lowest BCUT2D eigenvalue weighted by atomic mass is 9.78. The molecule has 0 radical (unpaired) electrons. The molecule has 1 aromatic rings. The highest BCUT2D eigenvalue weighted by Gasteiger charge is 2.34. The maximum atomic E-state index is 13.1. The van der Waals surface area contributed by atoms with Crippen LogP contribution in [0.2, 0.25) is 0 Å². The van der Waals surface area contributed by atoms with Gasteiger partial charge in [0, 0.05) is 10.9 Å². The fourth-order valence-corrected chi connectivity index (χ4v) is 3.25. The van der Waals surface area contributed by atoms with Gasteiger partial charge in [-0.15, -0.1) is 0 Å². The highest BCUT2D eigenvalue weighted by Crippen LogP contribution is 2.33. The zero-order valence-corrected chi connectivity index (χ0v) is 12.7. The number of amides is 1. The topological polar surface area (TPSA) is 29.1 Å². The van der Waals surface area contributed by atoms with E-state index in [9.17, 15) is 9.18 Å². The largest absolute Gasteiger partial charge is 0.346 e. The van der Waals surface area contributed by atoms with Gasteiger partial charge in [0.25, 0.3) is 5.91 Å². The quantitative estimate of drug-likeness (QED) is 0.838. The van der Waals surface area contributed by atoms with Crippen LogP contribution in [0.25, 0.3) is 0 Å². The number of carbonyl (C=O) groups is 1. The predicted octanol–water partition coefficient (Wildman–Crippen LogP) is 3.90. The fraction of sp³-hybridized carbons (Fsp3) is 0.533. The smallest absolute Gasteiger partial charge is 0.251 e. The highest BCUT2D eigenvalue weighted by molar-refractivity contribution is 9.09. The first-order chi connectivity index (χ1) is 9.04. The van der Waals surface area contributed by atoms with Crippen LogP contribution >= 0.6 is 15.9 Å². The summed E-state index contributed by atoms with van der Waals surface area (Å²) >= 11 is 3.51. The van der Waals surface area contributed by atoms with E-state index in [1.54, 1.807) is 12.1 Å². The third-order valence-corrected chi connectivity index (χ3v) is 5.03. The molecule has 0 bridgehead atoms. The molecular formula is C15H19BrFNO. The molecule has 0 heterocycles. The van der Waals surface area contributed by atoms with Gasteiger partial charge in [-0.05, 0) is 49.8 Å². The minimum absolute atomic E-state index is 0.185. The predicted molar refractivity (Wildman–Crippen MR) is 78.0 cm³/mol. The number of rotatable bonds is 3. The molecule has 104 valence electrons. The molecule has 0 unspecified atom stereocenters. The molecule has 0 spiro atoms. The lowest BCUT2D eigenvalue weighted by Crippen LogP contribution is -2.52. The molecule has 0 saturated heterocycles. The van der Waals surface area contributed by atoms with E-state index in [1.807, 2.05) is 0 Å². The van der Waals surface area contributed by atoms with E-state index in [0.29, 0.717) is 5.56 Å². The van der Waals surface area contributed by atoms with Crippen LogP contribution in [0.15, 0.2) is 24.3 Å². The maximum Gasteiger partial charge on any atom is 0.251 e. The minimum atomic E-state index is -0.377. The zero-order valence-electron chi connectivity index (χ0n) is 11.1. The third kappa shape index (κ3) is 3.56. The fourth-order valence-electron chi connectivity index (χ4n) is 2.55. The molecule has 2 nitrogen and oxygen atoms in total. The Balaban J connectivity index is 2.08. The van der Waals surface area contributed by atoms with Crippen molar-refractivity contribution < 1.29 is 9.18 Å². The van der Waals surface area contributed by atoms with Gasteiger partial charge in [-0.25, -0.2) is 4.39 Å². The van der Waals surface area contributed by atoms with Crippen molar-refractivity contribution in [1.82, 2.24) is 5.32 Å². The molecule has 1 saturated carbocycles. The van der Waals surface area contributed by atoms with Gasteiger partial charge in [-0.1, -0.05) is 28.9 Å². The Labute approximate surface area is 121 Å². The molecular weight excluding hydrogens is 309 g/mol. The van der Waals surface area contributed by atoms with Crippen LogP contribution in [0.4, 0.5) is 4.39 Å². The van der Waals surface area contributed by atoms with Crippen LogP contribution in [0.1, 0.15) is 43.0 Å². The van der Waals surface area contributed by atoms with E-state index < -0.39 is 0 Å². The van der Waals surface area contributed by atoms with E-state index in [1.165, 1.54) is 12.1 Å². The second-order valence-corrected chi connectivity index (χ2v) is 6.12. The summed E-state index contributed by atoms with van der Waals surface area (Å²) < 4.78 is 13.1. The molecule has 1 fully saturated rings.